The molecule has 1 heterocycles. The molecule has 0 N–H and O–H groups in total. The molecule has 0 saturated carbocycles. The van der Waals surface area contributed by atoms with Crippen LogP contribution in [0.1, 0.15) is 5.56 Å². The Balaban J connectivity index is 1.79. The van der Waals surface area contributed by atoms with Gasteiger partial charge in [-0.1, -0.05) is 22.0 Å². The van der Waals surface area contributed by atoms with Gasteiger partial charge in [-0.25, -0.2) is 4.98 Å². The molecule has 96 valence electrons. The first-order valence-electron chi connectivity index (χ1n) is 5.65. The number of nitrogens with zero attached hydrogens (tertiary/aromatic N) is 2. The van der Waals surface area contributed by atoms with E-state index < -0.39 is 0 Å². The number of thioether (sulfide) groups is 1. The minimum absolute atomic E-state index is 0.597. The number of pyridine rings is 1. The van der Waals surface area contributed by atoms with Crippen molar-refractivity contribution < 1.29 is 4.74 Å². The molecule has 0 aliphatic rings. The minimum atomic E-state index is 0.597. The van der Waals surface area contributed by atoms with Crippen LogP contribution < -0.4 is 4.74 Å². The van der Waals surface area contributed by atoms with E-state index in [0.717, 1.165) is 21.0 Å². The summed E-state index contributed by atoms with van der Waals surface area (Å²) < 4.78 is 6.62. The van der Waals surface area contributed by atoms with Crippen molar-refractivity contribution in [1.29, 1.82) is 5.26 Å². The molecule has 0 aliphatic carbocycles. The summed E-state index contributed by atoms with van der Waals surface area (Å²) in [6.45, 7) is 0.597. The summed E-state index contributed by atoms with van der Waals surface area (Å²) in [5, 5.41) is 9.64. The van der Waals surface area contributed by atoms with Gasteiger partial charge in [-0.15, -0.1) is 11.8 Å². The SMILES string of the molecule is N#Cc1ccnc(SCCOc2cccc(Br)c2)c1. The highest BCUT2D eigenvalue weighted by Crippen LogP contribution is 2.19. The molecule has 0 fully saturated rings. The van der Waals surface area contributed by atoms with E-state index in [9.17, 15) is 0 Å². The number of hydrogen-bond donors (Lipinski definition) is 0. The topological polar surface area (TPSA) is 45.9 Å². The molecule has 5 heteroatoms. The molecule has 0 atom stereocenters. The Kier molecular flexibility index (Phi) is 5.25. The standard InChI is InChI=1S/C14H11BrN2OS/c15-12-2-1-3-13(9-12)18-6-7-19-14-8-11(10-16)4-5-17-14/h1-5,8-9H,6-7H2. The van der Waals surface area contributed by atoms with Gasteiger partial charge in [-0.3, -0.25) is 0 Å². The first kappa shape index (κ1) is 13.9. The molecule has 3 nitrogen and oxygen atoms in total. The van der Waals surface area contributed by atoms with E-state index in [1.807, 2.05) is 24.3 Å². The predicted octanol–water partition coefficient (Wildman–Crippen LogP) is 3.89. The zero-order valence-electron chi connectivity index (χ0n) is 10.0. The highest BCUT2D eigenvalue weighted by molar-refractivity contribution is 9.10. The fourth-order valence-electron chi connectivity index (χ4n) is 1.42. The first-order chi connectivity index (χ1) is 9.28. The molecule has 0 unspecified atom stereocenters. The molecule has 0 amide bonds. The van der Waals surface area contributed by atoms with Gasteiger partial charge < -0.3 is 4.74 Å². The van der Waals surface area contributed by atoms with E-state index in [4.69, 9.17) is 10.00 Å². The van der Waals surface area contributed by atoms with Crippen LogP contribution in [0, 0.1) is 11.3 Å². The predicted molar refractivity (Wildman–Crippen MR) is 79.3 cm³/mol. The maximum atomic E-state index is 8.79. The summed E-state index contributed by atoms with van der Waals surface area (Å²) >= 11 is 4.97. The van der Waals surface area contributed by atoms with Gasteiger partial charge in [0.1, 0.15) is 5.75 Å². The molecule has 2 aromatic rings. The van der Waals surface area contributed by atoms with E-state index in [1.54, 1.807) is 30.1 Å². The average molecular weight is 335 g/mol. The van der Waals surface area contributed by atoms with Crippen LogP contribution in [-0.4, -0.2) is 17.3 Å². The molecule has 19 heavy (non-hydrogen) atoms. The highest BCUT2D eigenvalue weighted by Gasteiger charge is 1.99. The van der Waals surface area contributed by atoms with E-state index in [-0.39, 0.29) is 0 Å². The lowest BCUT2D eigenvalue weighted by Gasteiger charge is -2.06. The van der Waals surface area contributed by atoms with Gasteiger partial charge in [0.25, 0.3) is 0 Å². The molecule has 0 aliphatic heterocycles. The smallest absolute Gasteiger partial charge is 0.120 e. The van der Waals surface area contributed by atoms with Crippen LogP contribution in [0.25, 0.3) is 0 Å². The summed E-state index contributed by atoms with van der Waals surface area (Å²) in [6.07, 6.45) is 1.65. The molecular formula is C14H11BrN2OS. The second kappa shape index (κ2) is 7.17. The molecule has 1 aromatic heterocycles. The normalized spacial score (nSPS) is 9.89. The molecular weight excluding hydrogens is 324 g/mol. The fourth-order valence-corrected chi connectivity index (χ4v) is 2.52. The Labute approximate surface area is 124 Å². The average Bonchev–Trinajstić information content (AvgIpc) is 2.44. The number of hydrogen-bond acceptors (Lipinski definition) is 4. The Hall–Kier alpha value is -1.51. The zero-order valence-corrected chi connectivity index (χ0v) is 12.4. The summed E-state index contributed by atoms with van der Waals surface area (Å²) in [6, 6.07) is 13.3. The lowest BCUT2D eigenvalue weighted by atomic mass is 10.3. The van der Waals surface area contributed by atoms with Gasteiger partial charge in [0.15, 0.2) is 0 Å². The van der Waals surface area contributed by atoms with E-state index >= 15 is 0 Å². The summed E-state index contributed by atoms with van der Waals surface area (Å²) in [7, 11) is 0. The van der Waals surface area contributed by atoms with Crippen LogP contribution in [0.5, 0.6) is 5.75 Å². The highest BCUT2D eigenvalue weighted by atomic mass is 79.9. The van der Waals surface area contributed by atoms with Crippen LogP contribution in [0.2, 0.25) is 0 Å². The molecule has 2 rings (SSSR count). The van der Waals surface area contributed by atoms with Crippen LogP contribution in [0.4, 0.5) is 0 Å². The van der Waals surface area contributed by atoms with Crippen molar-refractivity contribution in [1.82, 2.24) is 4.98 Å². The van der Waals surface area contributed by atoms with Gasteiger partial charge in [-0.05, 0) is 30.3 Å². The first-order valence-corrected chi connectivity index (χ1v) is 7.43. The number of ether oxygens (including phenoxy) is 1. The maximum absolute atomic E-state index is 8.79. The van der Waals surface area contributed by atoms with E-state index in [1.165, 1.54) is 0 Å². The Morgan fingerprint density at radius 2 is 2.21 bits per heavy atom. The second-order valence-electron chi connectivity index (χ2n) is 3.65. The van der Waals surface area contributed by atoms with Crippen molar-refractivity contribution >= 4 is 27.7 Å². The number of nitriles is 1. The Morgan fingerprint density at radius 3 is 3.00 bits per heavy atom. The minimum Gasteiger partial charge on any atom is -0.493 e. The number of benzene rings is 1. The second-order valence-corrected chi connectivity index (χ2v) is 5.68. The molecule has 0 spiro atoms. The largest absolute Gasteiger partial charge is 0.493 e. The third-order valence-corrected chi connectivity index (χ3v) is 3.65. The molecule has 0 radical (unpaired) electrons. The maximum Gasteiger partial charge on any atom is 0.120 e. The van der Waals surface area contributed by atoms with Crippen molar-refractivity contribution in [3.05, 3.63) is 52.6 Å². The van der Waals surface area contributed by atoms with Crippen molar-refractivity contribution in [2.24, 2.45) is 0 Å². The molecule has 1 aromatic carbocycles. The van der Waals surface area contributed by atoms with Crippen molar-refractivity contribution in [3.8, 4) is 11.8 Å². The van der Waals surface area contributed by atoms with Crippen molar-refractivity contribution in [2.45, 2.75) is 5.03 Å². The Bertz CT molecular complexity index is 598. The van der Waals surface area contributed by atoms with Gasteiger partial charge in [-0.2, -0.15) is 5.26 Å². The van der Waals surface area contributed by atoms with Crippen LogP contribution in [-0.2, 0) is 0 Å². The third-order valence-electron chi connectivity index (χ3n) is 2.26. The summed E-state index contributed by atoms with van der Waals surface area (Å²) in [4.78, 5) is 4.19. The van der Waals surface area contributed by atoms with E-state index in [2.05, 4.69) is 27.0 Å². The monoisotopic (exact) mass is 334 g/mol. The van der Waals surface area contributed by atoms with Gasteiger partial charge in [0.05, 0.1) is 23.3 Å². The van der Waals surface area contributed by atoms with Crippen LogP contribution in [0.3, 0.4) is 0 Å². The fraction of sp³-hybridized carbons (Fsp3) is 0.143. The van der Waals surface area contributed by atoms with Crippen LogP contribution >= 0.6 is 27.7 Å². The quantitative estimate of drug-likeness (QED) is 0.614. The van der Waals surface area contributed by atoms with Crippen molar-refractivity contribution in [2.75, 3.05) is 12.4 Å². The lowest BCUT2D eigenvalue weighted by Crippen LogP contribution is -2.00. The number of aromatic nitrogens is 1. The zero-order chi connectivity index (χ0) is 13.5. The molecule has 0 saturated heterocycles. The van der Waals surface area contributed by atoms with Gasteiger partial charge in [0.2, 0.25) is 0 Å². The lowest BCUT2D eigenvalue weighted by molar-refractivity contribution is 0.343. The van der Waals surface area contributed by atoms with Gasteiger partial charge in [0, 0.05) is 16.4 Å². The Morgan fingerprint density at radius 1 is 1.32 bits per heavy atom. The summed E-state index contributed by atoms with van der Waals surface area (Å²) in [5.41, 5.74) is 0.630. The van der Waals surface area contributed by atoms with Crippen LogP contribution in [0.15, 0.2) is 52.1 Å². The summed E-state index contributed by atoms with van der Waals surface area (Å²) in [5.74, 6) is 1.63. The third kappa shape index (κ3) is 4.58. The van der Waals surface area contributed by atoms with Crippen molar-refractivity contribution in [3.63, 3.8) is 0 Å². The number of rotatable bonds is 5. The molecule has 0 bridgehead atoms. The van der Waals surface area contributed by atoms with Gasteiger partial charge >= 0.3 is 0 Å². The number of halogens is 1. The van der Waals surface area contributed by atoms with E-state index in [0.29, 0.717) is 12.2 Å².